The van der Waals surface area contributed by atoms with Crippen LogP contribution in [-0.4, -0.2) is 16.1 Å². The van der Waals surface area contributed by atoms with Gasteiger partial charge in [-0.1, -0.05) is 113 Å². The van der Waals surface area contributed by atoms with E-state index < -0.39 is 0 Å². The number of aromatic nitrogens is 2. The maximum Gasteiger partial charge on any atom is 0.257 e. The Labute approximate surface area is 209 Å². The van der Waals surface area contributed by atoms with E-state index in [9.17, 15) is 4.79 Å². The molecule has 0 aliphatic rings. The molecule has 0 fully saturated rings. The van der Waals surface area contributed by atoms with E-state index in [-0.39, 0.29) is 5.91 Å². The molecule has 0 saturated carbocycles. The third-order valence-electron chi connectivity index (χ3n) is 6.20. The summed E-state index contributed by atoms with van der Waals surface area (Å²) in [6.07, 6.45) is 15.1. The minimum Gasteiger partial charge on any atom is -0.296 e. The van der Waals surface area contributed by atoms with Gasteiger partial charge < -0.3 is 0 Å². The topological polar surface area (TPSA) is 54.9 Å². The predicted molar refractivity (Wildman–Crippen MR) is 145 cm³/mol. The zero-order valence-electron chi connectivity index (χ0n) is 20.8. The van der Waals surface area contributed by atoms with E-state index in [0.29, 0.717) is 10.7 Å². The van der Waals surface area contributed by atoms with Crippen molar-refractivity contribution in [3.05, 3.63) is 65.2 Å². The van der Waals surface area contributed by atoms with Crippen molar-refractivity contribution in [2.24, 2.45) is 0 Å². The SMILES string of the molecule is CCCCCCCc1ccc(C(=O)Nc2nnc(-c3ccc(CCCCCCC)cc3)s2)cc1. The van der Waals surface area contributed by atoms with E-state index in [4.69, 9.17) is 0 Å². The van der Waals surface area contributed by atoms with E-state index in [0.717, 1.165) is 23.4 Å². The number of anilines is 1. The van der Waals surface area contributed by atoms with E-state index in [2.05, 4.69) is 65.8 Å². The molecule has 0 bridgehead atoms. The molecule has 0 saturated heterocycles. The Kier molecular flexibility index (Phi) is 11.3. The molecule has 4 nitrogen and oxygen atoms in total. The van der Waals surface area contributed by atoms with Crippen LogP contribution in [0.25, 0.3) is 10.6 Å². The van der Waals surface area contributed by atoms with Crippen molar-refractivity contribution >= 4 is 22.4 Å². The number of hydrogen-bond donors (Lipinski definition) is 1. The fourth-order valence-electron chi connectivity index (χ4n) is 4.06. The van der Waals surface area contributed by atoms with Gasteiger partial charge in [0, 0.05) is 11.1 Å². The lowest BCUT2D eigenvalue weighted by Crippen LogP contribution is -2.11. The molecule has 1 amide bonds. The maximum atomic E-state index is 12.6. The van der Waals surface area contributed by atoms with Gasteiger partial charge in [-0.25, -0.2) is 0 Å². The standard InChI is InChI=1S/C29H39N3OS/c1-3-5-7-9-11-13-23-15-19-25(20-16-23)27(33)30-29-32-31-28(34-29)26-21-17-24(18-22-26)14-12-10-8-6-4-2/h15-22H,3-14H2,1-2H3,(H,30,32,33). The fraction of sp³-hybridized carbons (Fsp3) is 0.483. The summed E-state index contributed by atoms with van der Waals surface area (Å²) in [4.78, 5) is 12.6. The van der Waals surface area contributed by atoms with Gasteiger partial charge in [-0.3, -0.25) is 10.1 Å². The summed E-state index contributed by atoms with van der Waals surface area (Å²) in [6, 6.07) is 16.5. The normalized spacial score (nSPS) is 11.0. The van der Waals surface area contributed by atoms with Gasteiger partial charge >= 0.3 is 0 Å². The van der Waals surface area contributed by atoms with E-state index in [1.165, 1.54) is 86.7 Å². The summed E-state index contributed by atoms with van der Waals surface area (Å²) < 4.78 is 0. The first kappa shape index (κ1) is 26.1. The van der Waals surface area contributed by atoms with Crippen molar-refractivity contribution in [2.75, 3.05) is 5.32 Å². The zero-order chi connectivity index (χ0) is 24.0. The quantitative estimate of drug-likeness (QED) is 0.223. The molecule has 5 heteroatoms. The Hall–Kier alpha value is -2.53. The van der Waals surface area contributed by atoms with Crippen LogP contribution in [0.15, 0.2) is 48.5 Å². The van der Waals surface area contributed by atoms with Crippen molar-refractivity contribution < 1.29 is 4.79 Å². The zero-order valence-corrected chi connectivity index (χ0v) is 21.6. The van der Waals surface area contributed by atoms with E-state index in [1.54, 1.807) is 0 Å². The highest BCUT2D eigenvalue weighted by Gasteiger charge is 2.11. The van der Waals surface area contributed by atoms with Crippen LogP contribution in [0.1, 0.15) is 99.5 Å². The summed E-state index contributed by atoms with van der Waals surface area (Å²) in [5, 5.41) is 12.7. The molecule has 34 heavy (non-hydrogen) atoms. The maximum absolute atomic E-state index is 12.6. The molecule has 1 N–H and O–H groups in total. The van der Waals surface area contributed by atoms with Gasteiger partial charge in [0.1, 0.15) is 5.01 Å². The Bertz CT molecular complexity index is 979. The van der Waals surface area contributed by atoms with Crippen LogP contribution >= 0.6 is 11.3 Å². The highest BCUT2D eigenvalue weighted by atomic mass is 32.1. The molecule has 0 aliphatic heterocycles. The van der Waals surface area contributed by atoms with Crippen LogP contribution in [0.2, 0.25) is 0 Å². The first-order chi connectivity index (χ1) is 16.7. The second-order valence-corrected chi connectivity index (χ2v) is 10.1. The summed E-state index contributed by atoms with van der Waals surface area (Å²) >= 11 is 1.41. The summed E-state index contributed by atoms with van der Waals surface area (Å²) in [5.41, 5.74) is 4.34. The molecule has 3 aromatic rings. The van der Waals surface area contributed by atoms with Crippen LogP contribution in [0.4, 0.5) is 5.13 Å². The van der Waals surface area contributed by atoms with Gasteiger partial charge in [0.05, 0.1) is 0 Å². The Morgan fingerprint density at radius 3 is 1.79 bits per heavy atom. The summed E-state index contributed by atoms with van der Waals surface area (Å²) in [7, 11) is 0. The highest BCUT2D eigenvalue weighted by molar-refractivity contribution is 7.18. The van der Waals surface area contributed by atoms with Crippen molar-refractivity contribution in [1.29, 1.82) is 0 Å². The van der Waals surface area contributed by atoms with Crippen molar-refractivity contribution in [2.45, 2.75) is 90.9 Å². The first-order valence-corrected chi connectivity index (χ1v) is 13.8. The largest absolute Gasteiger partial charge is 0.296 e. The summed E-state index contributed by atoms with van der Waals surface area (Å²) in [5.74, 6) is -0.143. The van der Waals surface area contributed by atoms with Gasteiger partial charge in [0.2, 0.25) is 5.13 Å². The van der Waals surface area contributed by atoms with Gasteiger partial charge in [-0.15, -0.1) is 10.2 Å². The van der Waals surface area contributed by atoms with Crippen molar-refractivity contribution in [3.8, 4) is 10.6 Å². The Balaban J connectivity index is 1.47. The number of rotatable bonds is 15. The molecule has 0 aliphatic carbocycles. The second-order valence-electron chi connectivity index (χ2n) is 9.09. The lowest BCUT2D eigenvalue weighted by atomic mass is 10.0. The number of nitrogens with zero attached hydrogens (tertiary/aromatic N) is 2. The average molecular weight is 478 g/mol. The molecular formula is C29H39N3OS. The minimum absolute atomic E-state index is 0.143. The third kappa shape index (κ3) is 8.68. The number of carbonyl (C=O) groups excluding carboxylic acids is 1. The van der Waals surface area contributed by atoms with E-state index in [1.807, 2.05) is 12.1 Å². The van der Waals surface area contributed by atoms with Crippen molar-refractivity contribution in [1.82, 2.24) is 10.2 Å². The van der Waals surface area contributed by atoms with Crippen LogP contribution in [0.5, 0.6) is 0 Å². The molecule has 1 heterocycles. The number of hydrogen-bond acceptors (Lipinski definition) is 4. The number of unbranched alkanes of at least 4 members (excludes halogenated alkanes) is 8. The van der Waals surface area contributed by atoms with Crippen LogP contribution in [0.3, 0.4) is 0 Å². The first-order valence-electron chi connectivity index (χ1n) is 13.0. The van der Waals surface area contributed by atoms with Gasteiger partial charge in [0.25, 0.3) is 5.91 Å². The lowest BCUT2D eigenvalue weighted by Gasteiger charge is -2.04. The Morgan fingerprint density at radius 2 is 1.24 bits per heavy atom. The number of aryl methyl sites for hydroxylation is 2. The van der Waals surface area contributed by atoms with Crippen LogP contribution in [0, 0.1) is 0 Å². The third-order valence-corrected chi connectivity index (χ3v) is 7.09. The van der Waals surface area contributed by atoms with Gasteiger partial charge in [-0.2, -0.15) is 0 Å². The molecule has 0 spiro atoms. The molecule has 182 valence electrons. The lowest BCUT2D eigenvalue weighted by molar-refractivity contribution is 0.102. The number of nitrogens with one attached hydrogen (secondary N) is 1. The molecule has 0 unspecified atom stereocenters. The minimum atomic E-state index is -0.143. The molecule has 3 rings (SSSR count). The van der Waals surface area contributed by atoms with E-state index >= 15 is 0 Å². The molecule has 1 aromatic heterocycles. The number of benzene rings is 2. The van der Waals surface area contributed by atoms with Gasteiger partial charge in [-0.05, 0) is 48.9 Å². The highest BCUT2D eigenvalue weighted by Crippen LogP contribution is 2.27. The average Bonchev–Trinajstić information content (AvgIpc) is 3.33. The molecule has 0 atom stereocenters. The second kappa shape index (κ2) is 14.7. The predicted octanol–water partition coefficient (Wildman–Crippen LogP) is 8.48. The monoisotopic (exact) mass is 477 g/mol. The number of carbonyl (C=O) groups is 1. The Morgan fingerprint density at radius 1 is 0.706 bits per heavy atom. The van der Waals surface area contributed by atoms with Crippen molar-refractivity contribution in [3.63, 3.8) is 0 Å². The molecule has 2 aromatic carbocycles. The number of amides is 1. The van der Waals surface area contributed by atoms with Crippen LogP contribution < -0.4 is 5.32 Å². The smallest absolute Gasteiger partial charge is 0.257 e. The van der Waals surface area contributed by atoms with Crippen LogP contribution in [-0.2, 0) is 12.8 Å². The summed E-state index contributed by atoms with van der Waals surface area (Å²) in [6.45, 7) is 4.48. The van der Waals surface area contributed by atoms with Gasteiger partial charge in [0.15, 0.2) is 0 Å². The molecule has 0 radical (unpaired) electrons. The molecular weight excluding hydrogens is 438 g/mol. The fourth-order valence-corrected chi connectivity index (χ4v) is 4.81.